The second-order valence-corrected chi connectivity index (χ2v) is 4.86. The Morgan fingerprint density at radius 3 is 2.78 bits per heavy atom. The topological polar surface area (TPSA) is 43.6 Å². The lowest BCUT2D eigenvalue weighted by Crippen LogP contribution is -2.18. The molecule has 1 N–H and O–H groups in total. The highest BCUT2D eigenvalue weighted by Crippen LogP contribution is 2.15. The number of aryl methyl sites for hydroxylation is 1. The van der Waals surface area contributed by atoms with Gasteiger partial charge in [0.05, 0.1) is 13.2 Å². The molecule has 18 heavy (non-hydrogen) atoms. The molecule has 1 aromatic rings. The van der Waals surface area contributed by atoms with Crippen molar-refractivity contribution in [2.45, 2.75) is 33.9 Å². The summed E-state index contributed by atoms with van der Waals surface area (Å²) >= 11 is 0. The van der Waals surface area contributed by atoms with Crippen molar-refractivity contribution in [3.63, 3.8) is 0 Å². The number of ether oxygens (including phenoxy) is 2. The van der Waals surface area contributed by atoms with Gasteiger partial charge >= 0.3 is 0 Å². The van der Waals surface area contributed by atoms with Crippen molar-refractivity contribution in [1.82, 2.24) is 5.32 Å². The molecule has 0 aromatic carbocycles. The van der Waals surface area contributed by atoms with Gasteiger partial charge in [-0.2, -0.15) is 0 Å². The molecule has 0 bridgehead atoms. The lowest BCUT2D eigenvalue weighted by molar-refractivity contribution is 0.0535. The minimum absolute atomic E-state index is 0.508. The summed E-state index contributed by atoms with van der Waals surface area (Å²) in [5, 5.41) is 3.41. The first kappa shape index (κ1) is 15.2. The molecule has 0 atom stereocenters. The van der Waals surface area contributed by atoms with Crippen LogP contribution in [-0.2, 0) is 22.6 Å². The number of rotatable bonds is 9. The Balaban J connectivity index is 2.33. The number of furan rings is 1. The lowest BCUT2D eigenvalue weighted by Gasteiger charge is -2.05. The fraction of sp³-hybridized carbons (Fsp3) is 0.714. The van der Waals surface area contributed by atoms with Crippen molar-refractivity contribution in [2.75, 3.05) is 26.9 Å². The van der Waals surface area contributed by atoms with Gasteiger partial charge in [0, 0.05) is 19.2 Å². The second-order valence-electron chi connectivity index (χ2n) is 4.86. The van der Waals surface area contributed by atoms with Crippen molar-refractivity contribution in [1.29, 1.82) is 0 Å². The van der Waals surface area contributed by atoms with Crippen LogP contribution in [0.15, 0.2) is 10.5 Å². The molecular weight excluding hydrogens is 230 g/mol. The highest BCUT2D eigenvalue weighted by molar-refractivity contribution is 5.20. The molecule has 0 fully saturated rings. The smallest absolute Gasteiger partial charge is 0.130 e. The monoisotopic (exact) mass is 255 g/mol. The van der Waals surface area contributed by atoms with E-state index in [1.165, 1.54) is 5.56 Å². The normalized spacial score (nSPS) is 11.4. The van der Waals surface area contributed by atoms with Gasteiger partial charge in [-0.25, -0.2) is 0 Å². The van der Waals surface area contributed by atoms with Crippen molar-refractivity contribution in [3.8, 4) is 0 Å². The summed E-state index contributed by atoms with van der Waals surface area (Å²) in [4.78, 5) is 0. The van der Waals surface area contributed by atoms with E-state index in [0.717, 1.165) is 24.6 Å². The summed E-state index contributed by atoms with van der Waals surface area (Å²) in [5.74, 6) is 2.51. The molecule has 104 valence electrons. The molecule has 4 heteroatoms. The standard InChI is InChI=1S/C14H25NO3/c1-11(2)8-15-9-13-7-14(18-12(13)3)10-17-6-5-16-4/h7,11,15H,5-6,8-10H2,1-4H3. The van der Waals surface area contributed by atoms with E-state index in [1.807, 2.05) is 6.92 Å². The van der Waals surface area contributed by atoms with Gasteiger partial charge in [-0.1, -0.05) is 13.8 Å². The van der Waals surface area contributed by atoms with Crippen LogP contribution in [0.2, 0.25) is 0 Å². The Labute approximate surface area is 110 Å². The zero-order valence-corrected chi connectivity index (χ0v) is 11.9. The summed E-state index contributed by atoms with van der Waals surface area (Å²) in [6, 6.07) is 2.06. The molecule has 0 amide bonds. The minimum atomic E-state index is 0.508. The second kappa shape index (κ2) is 8.29. The first-order valence-electron chi connectivity index (χ1n) is 6.49. The van der Waals surface area contributed by atoms with Crippen LogP contribution in [0.1, 0.15) is 30.9 Å². The molecule has 4 nitrogen and oxygen atoms in total. The third-order valence-electron chi connectivity index (χ3n) is 2.62. The summed E-state index contributed by atoms with van der Waals surface area (Å²) in [7, 11) is 1.67. The fourth-order valence-corrected chi connectivity index (χ4v) is 1.64. The van der Waals surface area contributed by atoms with Crippen LogP contribution in [0.25, 0.3) is 0 Å². The van der Waals surface area contributed by atoms with Gasteiger partial charge in [-0.15, -0.1) is 0 Å². The van der Waals surface area contributed by atoms with E-state index in [-0.39, 0.29) is 0 Å². The Kier molecular flexibility index (Phi) is 7.01. The first-order chi connectivity index (χ1) is 8.63. The Hall–Kier alpha value is -0.840. The zero-order valence-electron chi connectivity index (χ0n) is 11.9. The summed E-state index contributed by atoms with van der Waals surface area (Å²) in [6.07, 6.45) is 0. The molecule has 0 spiro atoms. The number of hydrogen-bond donors (Lipinski definition) is 1. The van der Waals surface area contributed by atoms with E-state index in [2.05, 4.69) is 25.2 Å². The zero-order chi connectivity index (χ0) is 13.4. The predicted molar refractivity (Wildman–Crippen MR) is 71.5 cm³/mol. The molecule has 0 unspecified atom stereocenters. The fourth-order valence-electron chi connectivity index (χ4n) is 1.64. The molecule has 0 aliphatic carbocycles. The largest absolute Gasteiger partial charge is 0.464 e. The van der Waals surface area contributed by atoms with E-state index in [0.29, 0.717) is 25.7 Å². The third-order valence-corrected chi connectivity index (χ3v) is 2.62. The maximum Gasteiger partial charge on any atom is 0.130 e. The van der Waals surface area contributed by atoms with Crippen molar-refractivity contribution < 1.29 is 13.9 Å². The van der Waals surface area contributed by atoms with E-state index in [1.54, 1.807) is 7.11 Å². The van der Waals surface area contributed by atoms with Gasteiger partial charge in [0.2, 0.25) is 0 Å². The Morgan fingerprint density at radius 2 is 2.11 bits per heavy atom. The average Bonchev–Trinajstić information content (AvgIpc) is 2.65. The quantitative estimate of drug-likeness (QED) is 0.689. The van der Waals surface area contributed by atoms with E-state index in [9.17, 15) is 0 Å². The van der Waals surface area contributed by atoms with Crippen LogP contribution in [0.5, 0.6) is 0 Å². The predicted octanol–water partition coefficient (Wildman–Crippen LogP) is 2.50. The van der Waals surface area contributed by atoms with Gasteiger partial charge < -0.3 is 19.2 Å². The third kappa shape index (κ3) is 5.67. The van der Waals surface area contributed by atoms with Gasteiger partial charge in [0.1, 0.15) is 18.1 Å². The molecule has 0 saturated heterocycles. The van der Waals surface area contributed by atoms with Crippen LogP contribution in [0.4, 0.5) is 0 Å². The molecule has 1 rings (SSSR count). The van der Waals surface area contributed by atoms with Gasteiger partial charge in [-0.05, 0) is 25.5 Å². The molecular formula is C14H25NO3. The summed E-state index contributed by atoms with van der Waals surface area (Å²) in [6.45, 7) is 9.98. The van der Waals surface area contributed by atoms with E-state index < -0.39 is 0 Å². The van der Waals surface area contributed by atoms with Crippen LogP contribution >= 0.6 is 0 Å². The molecule has 0 aliphatic heterocycles. The summed E-state index contributed by atoms with van der Waals surface area (Å²) in [5.41, 5.74) is 1.21. The highest BCUT2D eigenvalue weighted by Gasteiger charge is 2.07. The van der Waals surface area contributed by atoms with Crippen LogP contribution in [0.3, 0.4) is 0 Å². The van der Waals surface area contributed by atoms with Gasteiger partial charge in [-0.3, -0.25) is 0 Å². The van der Waals surface area contributed by atoms with Crippen LogP contribution in [-0.4, -0.2) is 26.9 Å². The van der Waals surface area contributed by atoms with E-state index in [4.69, 9.17) is 13.9 Å². The van der Waals surface area contributed by atoms with Crippen LogP contribution in [0, 0.1) is 12.8 Å². The molecule has 0 aliphatic rings. The maximum absolute atomic E-state index is 5.65. The van der Waals surface area contributed by atoms with Gasteiger partial charge in [0.25, 0.3) is 0 Å². The Bertz CT molecular complexity index is 334. The lowest BCUT2D eigenvalue weighted by atomic mass is 10.2. The minimum Gasteiger partial charge on any atom is -0.464 e. The number of methoxy groups -OCH3 is 1. The van der Waals surface area contributed by atoms with Crippen LogP contribution < -0.4 is 5.32 Å². The van der Waals surface area contributed by atoms with Gasteiger partial charge in [0.15, 0.2) is 0 Å². The van der Waals surface area contributed by atoms with Crippen molar-refractivity contribution in [3.05, 3.63) is 23.2 Å². The molecule has 0 saturated carbocycles. The highest BCUT2D eigenvalue weighted by atomic mass is 16.5. The van der Waals surface area contributed by atoms with Crippen molar-refractivity contribution >= 4 is 0 Å². The maximum atomic E-state index is 5.65. The van der Waals surface area contributed by atoms with E-state index >= 15 is 0 Å². The Morgan fingerprint density at radius 1 is 1.33 bits per heavy atom. The number of hydrogen-bond acceptors (Lipinski definition) is 4. The summed E-state index contributed by atoms with van der Waals surface area (Å²) < 4.78 is 16.0. The van der Waals surface area contributed by atoms with Crippen molar-refractivity contribution in [2.24, 2.45) is 5.92 Å². The average molecular weight is 255 g/mol. The number of nitrogens with one attached hydrogen (secondary N) is 1. The SMILES string of the molecule is COCCOCc1cc(CNCC(C)C)c(C)o1. The first-order valence-corrected chi connectivity index (χ1v) is 6.49. The molecule has 1 heterocycles. The molecule has 1 aromatic heterocycles. The molecule has 0 radical (unpaired) electrons.